The summed E-state index contributed by atoms with van der Waals surface area (Å²) >= 11 is 0. The second-order valence-electron chi connectivity index (χ2n) is 1.30. The molecule has 0 aromatic carbocycles. The number of aliphatic imine (C=N–C) groups is 1. The van der Waals surface area contributed by atoms with Gasteiger partial charge in [-0.05, 0) is 0 Å². The van der Waals surface area contributed by atoms with Gasteiger partial charge >= 0.3 is 0 Å². The number of nitrogens with two attached hydrogens (primary N) is 1. The van der Waals surface area contributed by atoms with Crippen molar-refractivity contribution in [3.63, 3.8) is 0 Å². The van der Waals surface area contributed by atoms with E-state index < -0.39 is 0 Å². The fourth-order valence-electron chi connectivity index (χ4n) is 0.495. The smallest absolute Gasteiger partial charge is 0.205 e. The molecule has 4 nitrogen and oxygen atoms in total. The maximum atomic E-state index is 4.99. The van der Waals surface area contributed by atoms with Crippen LogP contribution in [0.2, 0.25) is 0 Å². The van der Waals surface area contributed by atoms with Crippen molar-refractivity contribution in [1.82, 2.24) is 10.7 Å². The Morgan fingerprint density at radius 1 is 1.67 bits per heavy atom. The quantitative estimate of drug-likeness (QED) is 0.304. The number of hydrogen-bond acceptors (Lipinski definition) is 4. The molecule has 0 saturated heterocycles. The molecule has 4 heteroatoms. The van der Waals surface area contributed by atoms with Crippen LogP contribution in [0, 0.1) is 0 Å². The van der Waals surface area contributed by atoms with Gasteiger partial charge in [0.1, 0.15) is 0 Å². The van der Waals surface area contributed by atoms with Crippen LogP contribution in [0.25, 0.3) is 0 Å². The average Bonchev–Trinajstić information content (AvgIpc) is 2.43. The molecule has 0 aliphatic carbocycles. The lowest BCUT2D eigenvalue weighted by atomic mass is 10.7. The van der Waals surface area contributed by atoms with Crippen LogP contribution in [0.15, 0.2) is 4.99 Å². The highest BCUT2D eigenvalue weighted by molar-refractivity contribution is 5.80. The number of rotatable bonds is 0. The highest BCUT2D eigenvalue weighted by atomic mass is 15.3. The summed E-state index contributed by atoms with van der Waals surface area (Å²) in [5.74, 6) is 5.68. The van der Waals surface area contributed by atoms with Crippen molar-refractivity contribution < 1.29 is 0 Å². The number of nitrogens with zero attached hydrogens (tertiary/aromatic N) is 1. The molecule has 54 valence electrons. The Morgan fingerprint density at radius 3 is 2.56 bits per heavy atom. The Bertz CT molecular complexity index is 89.0. The van der Waals surface area contributed by atoms with Crippen LogP contribution >= 0.6 is 0 Å². The molecule has 0 aromatic rings. The van der Waals surface area contributed by atoms with Gasteiger partial charge in [-0.3, -0.25) is 10.4 Å². The molecule has 1 aliphatic heterocycles. The highest BCUT2D eigenvalue weighted by Gasteiger charge is 1.98. The minimum Gasteiger partial charge on any atom is -0.353 e. The highest BCUT2D eigenvalue weighted by Crippen LogP contribution is 1.76. The van der Waals surface area contributed by atoms with Crippen molar-refractivity contribution in [2.45, 2.75) is 13.8 Å². The zero-order chi connectivity index (χ0) is 7.11. The van der Waals surface area contributed by atoms with Crippen molar-refractivity contribution in [2.75, 3.05) is 13.1 Å². The molecule has 9 heavy (non-hydrogen) atoms. The number of nitrogens with one attached hydrogen (secondary N) is 2. The monoisotopic (exact) mass is 130 g/mol. The summed E-state index contributed by atoms with van der Waals surface area (Å²) in [6.07, 6.45) is 0. The van der Waals surface area contributed by atoms with Gasteiger partial charge in [-0.25, -0.2) is 5.84 Å². The minimum absolute atomic E-state index is 0.694. The molecule has 0 radical (unpaired) electrons. The molecular formula is C5H14N4. The molecule has 0 amide bonds. The van der Waals surface area contributed by atoms with E-state index in [-0.39, 0.29) is 0 Å². The van der Waals surface area contributed by atoms with Gasteiger partial charge in [-0.2, -0.15) is 0 Å². The predicted octanol–water partition coefficient (Wildman–Crippen LogP) is -0.565. The Hall–Kier alpha value is -0.770. The molecule has 0 fully saturated rings. The van der Waals surface area contributed by atoms with E-state index in [2.05, 4.69) is 15.7 Å². The first-order valence-electron chi connectivity index (χ1n) is 3.18. The lowest BCUT2D eigenvalue weighted by Crippen LogP contribution is -2.38. The van der Waals surface area contributed by atoms with E-state index in [1.54, 1.807) is 0 Å². The van der Waals surface area contributed by atoms with Crippen LogP contribution in [-0.2, 0) is 0 Å². The summed E-state index contributed by atoms with van der Waals surface area (Å²) in [5.41, 5.74) is 2.40. The van der Waals surface area contributed by atoms with Crippen LogP contribution in [-0.4, -0.2) is 19.0 Å². The van der Waals surface area contributed by atoms with Crippen molar-refractivity contribution >= 4 is 5.96 Å². The molecule has 1 rings (SSSR count). The third kappa shape index (κ3) is 2.92. The summed E-state index contributed by atoms with van der Waals surface area (Å²) in [6, 6.07) is 0. The number of hydrogen-bond donors (Lipinski definition) is 3. The van der Waals surface area contributed by atoms with Crippen molar-refractivity contribution in [2.24, 2.45) is 10.8 Å². The van der Waals surface area contributed by atoms with Gasteiger partial charge in [0.05, 0.1) is 6.54 Å². The SMILES string of the molecule is CC.NNC1=NCCN1. The second kappa shape index (κ2) is 5.37. The van der Waals surface area contributed by atoms with Gasteiger partial charge in [0.25, 0.3) is 0 Å². The summed E-state index contributed by atoms with van der Waals surface area (Å²) < 4.78 is 0. The van der Waals surface area contributed by atoms with Crippen LogP contribution < -0.4 is 16.6 Å². The van der Waals surface area contributed by atoms with Crippen LogP contribution in [0.1, 0.15) is 13.8 Å². The molecule has 4 N–H and O–H groups in total. The van der Waals surface area contributed by atoms with Crippen molar-refractivity contribution in [3.8, 4) is 0 Å². The van der Waals surface area contributed by atoms with Crippen LogP contribution in [0.3, 0.4) is 0 Å². The lowest BCUT2D eigenvalue weighted by molar-refractivity contribution is 0.917. The normalized spacial score (nSPS) is 14.8. The molecule has 0 atom stereocenters. The molecular weight excluding hydrogens is 116 g/mol. The van der Waals surface area contributed by atoms with E-state index in [1.165, 1.54) is 0 Å². The van der Waals surface area contributed by atoms with Gasteiger partial charge in [-0.15, -0.1) is 0 Å². The summed E-state index contributed by atoms with van der Waals surface area (Å²) in [7, 11) is 0. The lowest BCUT2D eigenvalue weighted by Gasteiger charge is -1.95. The van der Waals surface area contributed by atoms with Crippen LogP contribution in [0.4, 0.5) is 0 Å². The molecule has 1 aliphatic rings. The topological polar surface area (TPSA) is 62.4 Å². The number of guanidine groups is 1. The third-order valence-corrected chi connectivity index (χ3v) is 0.811. The van der Waals surface area contributed by atoms with E-state index in [4.69, 9.17) is 5.84 Å². The van der Waals surface area contributed by atoms with Gasteiger partial charge in [0.15, 0.2) is 0 Å². The number of hydrazine groups is 1. The minimum atomic E-state index is 0.694. The van der Waals surface area contributed by atoms with Crippen LogP contribution in [0.5, 0.6) is 0 Å². The maximum Gasteiger partial charge on any atom is 0.205 e. The summed E-state index contributed by atoms with van der Waals surface area (Å²) in [4.78, 5) is 3.92. The summed E-state index contributed by atoms with van der Waals surface area (Å²) in [6.45, 7) is 5.74. The van der Waals surface area contributed by atoms with Gasteiger partial charge < -0.3 is 5.32 Å². The molecule has 0 unspecified atom stereocenters. The van der Waals surface area contributed by atoms with E-state index in [0.717, 1.165) is 13.1 Å². The van der Waals surface area contributed by atoms with Crippen molar-refractivity contribution in [1.29, 1.82) is 0 Å². The predicted molar refractivity (Wildman–Crippen MR) is 39.0 cm³/mol. The Kier molecular flexibility index (Phi) is 4.91. The van der Waals surface area contributed by atoms with Gasteiger partial charge in [0, 0.05) is 6.54 Å². The molecule has 1 heterocycles. The standard InChI is InChI=1S/C3H8N4.C2H6/c4-7-3-5-1-2-6-3;1-2/h1-2,4H2,(H2,5,6,7);1-2H3. The first-order valence-corrected chi connectivity index (χ1v) is 3.18. The fraction of sp³-hybridized carbons (Fsp3) is 0.800. The summed E-state index contributed by atoms with van der Waals surface area (Å²) in [5, 5.41) is 2.92. The maximum absolute atomic E-state index is 4.99. The first kappa shape index (κ1) is 8.23. The first-order chi connectivity index (χ1) is 4.43. The van der Waals surface area contributed by atoms with E-state index in [1.807, 2.05) is 13.8 Å². The van der Waals surface area contributed by atoms with E-state index in [9.17, 15) is 0 Å². The van der Waals surface area contributed by atoms with E-state index in [0.29, 0.717) is 5.96 Å². The zero-order valence-corrected chi connectivity index (χ0v) is 5.94. The third-order valence-electron chi connectivity index (χ3n) is 0.811. The Morgan fingerprint density at radius 2 is 2.33 bits per heavy atom. The Labute approximate surface area is 55.5 Å². The van der Waals surface area contributed by atoms with Gasteiger partial charge in [-0.1, -0.05) is 13.8 Å². The average molecular weight is 130 g/mol. The molecule has 0 spiro atoms. The zero-order valence-electron chi connectivity index (χ0n) is 5.94. The fourth-order valence-corrected chi connectivity index (χ4v) is 0.495. The molecule has 0 bridgehead atoms. The molecule has 0 saturated carbocycles. The largest absolute Gasteiger partial charge is 0.353 e. The Balaban J connectivity index is 0.000000291. The van der Waals surface area contributed by atoms with Crippen molar-refractivity contribution in [3.05, 3.63) is 0 Å². The van der Waals surface area contributed by atoms with E-state index >= 15 is 0 Å². The van der Waals surface area contributed by atoms with Gasteiger partial charge in [0.2, 0.25) is 5.96 Å². The second-order valence-corrected chi connectivity index (χ2v) is 1.30. The molecule has 0 aromatic heterocycles.